The third-order valence-electron chi connectivity index (χ3n) is 4.66. The Bertz CT molecular complexity index is 562. The van der Waals surface area contributed by atoms with Crippen LogP contribution in [0.5, 0.6) is 11.5 Å². The van der Waals surface area contributed by atoms with Crippen LogP contribution in [0.3, 0.4) is 0 Å². The number of methoxy groups -OCH3 is 2. The Balaban J connectivity index is 2.77. The summed E-state index contributed by atoms with van der Waals surface area (Å²) in [5.74, 6) is 0.362. The minimum atomic E-state index is -0.902. The Labute approximate surface area is 139 Å². The smallest absolute Gasteiger partial charge is 0.314 e. The van der Waals surface area contributed by atoms with Crippen molar-refractivity contribution in [3.05, 3.63) is 21.7 Å². The number of ether oxygens (including phenoxy) is 2. The number of aliphatic carboxylic acids is 1. The van der Waals surface area contributed by atoms with Crippen LogP contribution in [0.1, 0.15) is 50.2 Å². The summed E-state index contributed by atoms with van der Waals surface area (Å²) in [5.41, 5.74) is 0.873. The van der Waals surface area contributed by atoms with E-state index in [4.69, 9.17) is 9.47 Å². The van der Waals surface area contributed by atoms with Crippen molar-refractivity contribution in [2.45, 2.75) is 50.9 Å². The molecule has 1 aliphatic carbocycles. The van der Waals surface area contributed by atoms with E-state index in [1.165, 1.54) is 0 Å². The van der Waals surface area contributed by atoms with Gasteiger partial charge in [-0.25, -0.2) is 0 Å². The minimum Gasteiger partial charge on any atom is -0.493 e. The molecule has 1 aliphatic rings. The highest BCUT2D eigenvalue weighted by Gasteiger charge is 2.45. The first kappa shape index (κ1) is 17.1. The van der Waals surface area contributed by atoms with E-state index >= 15 is 0 Å². The molecule has 4 nitrogen and oxygen atoms in total. The first-order valence-corrected chi connectivity index (χ1v) is 8.48. The fourth-order valence-corrected chi connectivity index (χ4v) is 4.39. The standard InChI is InChI=1S/C17H23BrO4/c1-4-11-10-12(21-2)15(22-3)13(14(11)18)17(16(19)20)8-6-5-7-9-17/h10H,4-9H2,1-3H3,(H,19,20). The summed E-state index contributed by atoms with van der Waals surface area (Å²) in [6, 6.07) is 1.92. The van der Waals surface area contributed by atoms with Gasteiger partial charge >= 0.3 is 5.97 Å². The van der Waals surface area contributed by atoms with Crippen LogP contribution < -0.4 is 9.47 Å². The van der Waals surface area contributed by atoms with Gasteiger partial charge in [-0.05, 0) is 30.9 Å². The lowest BCUT2D eigenvalue weighted by atomic mass is 9.68. The molecule has 0 unspecified atom stereocenters. The lowest BCUT2D eigenvalue weighted by Gasteiger charge is -2.36. The second-order valence-corrected chi connectivity index (χ2v) is 6.55. The molecule has 1 aromatic carbocycles. The summed E-state index contributed by atoms with van der Waals surface area (Å²) in [6.07, 6.45) is 4.98. The van der Waals surface area contributed by atoms with E-state index in [1.807, 2.05) is 13.0 Å². The Morgan fingerprint density at radius 3 is 2.36 bits per heavy atom. The van der Waals surface area contributed by atoms with Crippen molar-refractivity contribution in [2.24, 2.45) is 0 Å². The second kappa shape index (κ2) is 6.90. The molecule has 0 spiro atoms. The SMILES string of the molecule is CCc1cc(OC)c(OC)c(C2(C(=O)O)CCCCC2)c1Br. The molecular formula is C17H23BrO4. The van der Waals surface area contributed by atoms with Crippen molar-refractivity contribution in [3.63, 3.8) is 0 Å². The van der Waals surface area contributed by atoms with E-state index in [0.29, 0.717) is 24.3 Å². The molecule has 0 atom stereocenters. The fraction of sp³-hybridized carbons (Fsp3) is 0.588. The van der Waals surface area contributed by atoms with Crippen molar-refractivity contribution in [1.29, 1.82) is 0 Å². The van der Waals surface area contributed by atoms with Gasteiger partial charge in [0.25, 0.3) is 0 Å². The number of rotatable bonds is 5. The molecule has 22 heavy (non-hydrogen) atoms. The van der Waals surface area contributed by atoms with Gasteiger partial charge in [-0.3, -0.25) is 4.79 Å². The number of halogens is 1. The maximum Gasteiger partial charge on any atom is 0.314 e. The summed E-state index contributed by atoms with van der Waals surface area (Å²) in [5, 5.41) is 10.00. The van der Waals surface area contributed by atoms with E-state index in [1.54, 1.807) is 14.2 Å². The lowest BCUT2D eigenvalue weighted by Crippen LogP contribution is -2.38. The number of benzene rings is 1. The van der Waals surface area contributed by atoms with Crippen LogP contribution in [0, 0.1) is 0 Å². The topological polar surface area (TPSA) is 55.8 Å². The van der Waals surface area contributed by atoms with Gasteiger partial charge in [-0.2, -0.15) is 0 Å². The highest BCUT2D eigenvalue weighted by atomic mass is 79.9. The largest absolute Gasteiger partial charge is 0.493 e. The predicted molar refractivity (Wildman–Crippen MR) is 89.0 cm³/mol. The molecule has 1 saturated carbocycles. The fourth-order valence-electron chi connectivity index (χ4n) is 3.44. The molecule has 1 fully saturated rings. The van der Waals surface area contributed by atoms with Crippen molar-refractivity contribution >= 4 is 21.9 Å². The number of carboxylic acid groups (broad SMARTS) is 1. The third kappa shape index (κ3) is 2.71. The Morgan fingerprint density at radius 1 is 1.27 bits per heavy atom. The van der Waals surface area contributed by atoms with Gasteiger partial charge in [0.05, 0.1) is 19.6 Å². The zero-order valence-corrected chi connectivity index (χ0v) is 15.0. The number of carbonyl (C=O) groups is 1. The number of carboxylic acids is 1. The molecule has 2 rings (SSSR count). The molecule has 122 valence electrons. The van der Waals surface area contributed by atoms with Crippen LogP contribution in [-0.4, -0.2) is 25.3 Å². The molecular weight excluding hydrogens is 348 g/mol. The van der Waals surface area contributed by atoms with Gasteiger partial charge in [-0.1, -0.05) is 42.1 Å². The van der Waals surface area contributed by atoms with Crippen molar-refractivity contribution in [3.8, 4) is 11.5 Å². The van der Waals surface area contributed by atoms with E-state index in [-0.39, 0.29) is 0 Å². The molecule has 1 N–H and O–H groups in total. The monoisotopic (exact) mass is 370 g/mol. The van der Waals surface area contributed by atoms with Crippen LogP contribution in [0.15, 0.2) is 10.5 Å². The summed E-state index contributed by atoms with van der Waals surface area (Å²) in [7, 11) is 3.15. The van der Waals surface area contributed by atoms with Gasteiger partial charge in [0.2, 0.25) is 0 Å². The van der Waals surface area contributed by atoms with Crippen molar-refractivity contribution < 1.29 is 19.4 Å². The highest BCUT2D eigenvalue weighted by molar-refractivity contribution is 9.10. The Kier molecular flexibility index (Phi) is 5.37. The molecule has 0 aromatic heterocycles. The lowest BCUT2D eigenvalue weighted by molar-refractivity contribution is -0.145. The van der Waals surface area contributed by atoms with Gasteiger partial charge < -0.3 is 14.6 Å². The maximum absolute atomic E-state index is 12.2. The number of hydrogen-bond acceptors (Lipinski definition) is 3. The zero-order chi connectivity index (χ0) is 16.3. The second-order valence-electron chi connectivity index (χ2n) is 5.76. The first-order valence-electron chi connectivity index (χ1n) is 7.69. The quantitative estimate of drug-likeness (QED) is 0.838. The summed E-state index contributed by atoms with van der Waals surface area (Å²) >= 11 is 3.64. The summed E-state index contributed by atoms with van der Waals surface area (Å²) in [4.78, 5) is 12.2. The van der Waals surface area contributed by atoms with Crippen molar-refractivity contribution in [2.75, 3.05) is 14.2 Å². The van der Waals surface area contributed by atoms with Crippen LogP contribution in [-0.2, 0) is 16.6 Å². The average Bonchev–Trinajstić information content (AvgIpc) is 2.54. The maximum atomic E-state index is 12.2. The van der Waals surface area contributed by atoms with E-state index in [0.717, 1.165) is 41.3 Å². The first-order chi connectivity index (χ1) is 10.5. The van der Waals surface area contributed by atoms with Gasteiger partial charge in [0, 0.05) is 10.0 Å². The summed E-state index contributed by atoms with van der Waals surface area (Å²) < 4.78 is 11.9. The average molecular weight is 371 g/mol. The van der Waals surface area contributed by atoms with E-state index < -0.39 is 11.4 Å². The molecule has 0 bridgehead atoms. The highest BCUT2D eigenvalue weighted by Crippen LogP contribution is 2.51. The molecule has 0 radical (unpaired) electrons. The van der Waals surface area contributed by atoms with Gasteiger partial charge in [0.1, 0.15) is 0 Å². The minimum absolute atomic E-state index is 0.538. The molecule has 0 heterocycles. The normalized spacial score (nSPS) is 17.1. The zero-order valence-electron chi connectivity index (χ0n) is 13.4. The molecule has 0 saturated heterocycles. The molecule has 0 amide bonds. The van der Waals surface area contributed by atoms with Crippen LogP contribution in [0.25, 0.3) is 0 Å². The molecule has 5 heteroatoms. The van der Waals surface area contributed by atoms with Gasteiger partial charge in [0.15, 0.2) is 11.5 Å². The Morgan fingerprint density at radius 2 is 1.91 bits per heavy atom. The van der Waals surface area contributed by atoms with E-state index in [2.05, 4.69) is 15.9 Å². The Hall–Kier alpha value is -1.23. The van der Waals surface area contributed by atoms with Crippen LogP contribution in [0.4, 0.5) is 0 Å². The number of hydrogen-bond donors (Lipinski definition) is 1. The van der Waals surface area contributed by atoms with E-state index in [9.17, 15) is 9.90 Å². The number of aryl methyl sites for hydroxylation is 1. The molecule has 0 aliphatic heterocycles. The van der Waals surface area contributed by atoms with Crippen LogP contribution >= 0.6 is 15.9 Å². The van der Waals surface area contributed by atoms with Gasteiger partial charge in [-0.15, -0.1) is 0 Å². The summed E-state index contributed by atoms with van der Waals surface area (Å²) in [6.45, 7) is 2.05. The third-order valence-corrected chi connectivity index (χ3v) is 5.56. The van der Waals surface area contributed by atoms with Crippen LogP contribution in [0.2, 0.25) is 0 Å². The van der Waals surface area contributed by atoms with Crippen molar-refractivity contribution in [1.82, 2.24) is 0 Å². The molecule has 1 aromatic rings. The predicted octanol–water partition coefficient (Wildman–Crippen LogP) is 4.32.